The largest absolute Gasteiger partial charge is 0.399 e. The van der Waals surface area contributed by atoms with Gasteiger partial charge in [0.1, 0.15) is 0 Å². The average Bonchev–Trinajstić information content (AvgIpc) is 2.38. The molecule has 4 heteroatoms. The van der Waals surface area contributed by atoms with Crippen LogP contribution >= 0.6 is 11.8 Å². The molecule has 0 aliphatic heterocycles. The fraction of sp³-hybridized carbons (Fsp3) is 0.357. The third-order valence-electron chi connectivity index (χ3n) is 2.44. The first kappa shape index (κ1) is 14.6. The Hall–Kier alpha value is -1.42. The molecule has 0 fully saturated rings. The number of hydrogen-bond acceptors (Lipinski definition) is 3. The molecule has 3 N–H and O–H groups in total. The molecule has 18 heavy (non-hydrogen) atoms. The maximum atomic E-state index is 11.5. The second-order valence-corrected chi connectivity index (χ2v) is 4.98. The summed E-state index contributed by atoms with van der Waals surface area (Å²) in [5.41, 5.74) is 7.28. The van der Waals surface area contributed by atoms with Gasteiger partial charge in [-0.2, -0.15) is 11.8 Å². The van der Waals surface area contributed by atoms with E-state index >= 15 is 0 Å². The molecule has 0 heterocycles. The van der Waals surface area contributed by atoms with Gasteiger partial charge in [0, 0.05) is 18.3 Å². The molecule has 1 aromatic carbocycles. The Bertz CT molecular complexity index is 387. The highest BCUT2D eigenvalue weighted by Crippen LogP contribution is 2.06. The number of thioether (sulfide) groups is 1. The predicted octanol–water partition coefficient (Wildman–Crippen LogP) is 2.54. The molecule has 0 bridgehead atoms. The summed E-state index contributed by atoms with van der Waals surface area (Å²) < 4.78 is 0. The Morgan fingerprint density at radius 1 is 1.33 bits per heavy atom. The number of anilines is 1. The van der Waals surface area contributed by atoms with Gasteiger partial charge in [-0.1, -0.05) is 12.1 Å². The quantitative estimate of drug-likeness (QED) is 0.452. The Balaban J connectivity index is 2.25. The third-order valence-corrected chi connectivity index (χ3v) is 3.14. The minimum atomic E-state index is -0.0454. The lowest BCUT2D eigenvalue weighted by atomic mass is 10.2. The molecule has 0 saturated carbocycles. The van der Waals surface area contributed by atoms with Gasteiger partial charge in [0.05, 0.1) is 0 Å². The molecular weight excluding hydrogens is 244 g/mol. The summed E-state index contributed by atoms with van der Waals surface area (Å²) in [4.78, 5) is 11.5. The van der Waals surface area contributed by atoms with E-state index in [4.69, 9.17) is 5.73 Å². The van der Waals surface area contributed by atoms with Gasteiger partial charge in [0.15, 0.2) is 0 Å². The van der Waals surface area contributed by atoms with E-state index in [1.165, 1.54) is 0 Å². The lowest BCUT2D eigenvalue weighted by molar-refractivity contribution is -0.116. The molecule has 1 rings (SSSR count). The molecule has 0 unspecified atom stereocenters. The van der Waals surface area contributed by atoms with Gasteiger partial charge in [0.2, 0.25) is 5.91 Å². The fourth-order valence-electron chi connectivity index (χ4n) is 1.42. The predicted molar refractivity (Wildman–Crippen MR) is 80.5 cm³/mol. The van der Waals surface area contributed by atoms with Crippen molar-refractivity contribution in [2.75, 3.05) is 24.3 Å². The molecule has 0 aromatic heterocycles. The molecular formula is C14H20N2OS. The molecule has 3 nitrogen and oxygen atoms in total. The number of benzene rings is 1. The zero-order valence-corrected chi connectivity index (χ0v) is 11.5. The molecule has 1 amide bonds. The van der Waals surface area contributed by atoms with Crippen LogP contribution in [-0.2, 0) is 4.79 Å². The van der Waals surface area contributed by atoms with Crippen LogP contribution in [0.3, 0.4) is 0 Å². The number of rotatable bonds is 7. The van der Waals surface area contributed by atoms with Gasteiger partial charge in [-0.15, -0.1) is 0 Å². The van der Waals surface area contributed by atoms with Crippen LogP contribution in [0.2, 0.25) is 0 Å². The van der Waals surface area contributed by atoms with Crippen LogP contribution in [0, 0.1) is 0 Å². The average molecular weight is 264 g/mol. The zero-order valence-electron chi connectivity index (χ0n) is 10.7. The summed E-state index contributed by atoms with van der Waals surface area (Å²) in [6.07, 6.45) is 7.61. The third kappa shape index (κ3) is 6.35. The molecule has 1 aromatic rings. The first-order valence-corrected chi connectivity index (χ1v) is 7.42. The summed E-state index contributed by atoms with van der Waals surface area (Å²) >= 11 is 1.83. The van der Waals surface area contributed by atoms with Crippen molar-refractivity contribution in [3.05, 3.63) is 35.9 Å². The van der Waals surface area contributed by atoms with Crippen molar-refractivity contribution in [3.63, 3.8) is 0 Å². The molecule has 98 valence electrons. The second kappa shape index (κ2) is 8.64. The topological polar surface area (TPSA) is 55.1 Å². The van der Waals surface area contributed by atoms with Crippen LogP contribution < -0.4 is 11.1 Å². The van der Waals surface area contributed by atoms with Crippen LogP contribution in [0.25, 0.3) is 6.08 Å². The molecule has 0 saturated heterocycles. The van der Waals surface area contributed by atoms with Crippen molar-refractivity contribution in [1.29, 1.82) is 0 Å². The highest BCUT2D eigenvalue weighted by Gasteiger charge is 1.94. The highest BCUT2D eigenvalue weighted by molar-refractivity contribution is 7.98. The maximum absolute atomic E-state index is 11.5. The van der Waals surface area contributed by atoms with E-state index in [0.29, 0.717) is 0 Å². The van der Waals surface area contributed by atoms with Crippen LogP contribution in [0.4, 0.5) is 5.69 Å². The normalized spacial score (nSPS) is 10.7. The highest BCUT2D eigenvalue weighted by atomic mass is 32.2. The minimum Gasteiger partial charge on any atom is -0.399 e. The lowest BCUT2D eigenvalue weighted by Crippen LogP contribution is -2.22. The smallest absolute Gasteiger partial charge is 0.243 e. The summed E-state index contributed by atoms with van der Waals surface area (Å²) in [5, 5.41) is 2.86. The molecule has 0 aliphatic rings. The summed E-state index contributed by atoms with van der Waals surface area (Å²) in [7, 11) is 0. The number of amides is 1. The first-order chi connectivity index (χ1) is 8.72. The van der Waals surface area contributed by atoms with Gasteiger partial charge in [-0.05, 0) is 48.6 Å². The number of unbranched alkanes of at least 4 members (excludes halogenated alkanes) is 1. The summed E-state index contributed by atoms with van der Waals surface area (Å²) in [6, 6.07) is 7.41. The van der Waals surface area contributed by atoms with Crippen molar-refractivity contribution < 1.29 is 4.79 Å². The van der Waals surface area contributed by atoms with Crippen molar-refractivity contribution in [2.45, 2.75) is 12.8 Å². The number of carbonyl (C=O) groups excluding carboxylic acids is 1. The first-order valence-electron chi connectivity index (χ1n) is 6.03. The van der Waals surface area contributed by atoms with E-state index < -0.39 is 0 Å². The van der Waals surface area contributed by atoms with E-state index in [2.05, 4.69) is 11.6 Å². The van der Waals surface area contributed by atoms with Crippen molar-refractivity contribution in [2.24, 2.45) is 0 Å². The zero-order chi connectivity index (χ0) is 13.2. The van der Waals surface area contributed by atoms with E-state index in [-0.39, 0.29) is 5.91 Å². The van der Waals surface area contributed by atoms with Crippen molar-refractivity contribution in [1.82, 2.24) is 5.32 Å². The van der Waals surface area contributed by atoms with Gasteiger partial charge in [-0.25, -0.2) is 0 Å². The molecule has 0 radical (unpaired) electrons. The van der Waals surface area contributed by atoms with Crippen LogP contribution in [0.1, 0.15) is 18.4 Å². The van der Waals surface area contributed by atoms with E-state index in [0.717, 1.165) is 36.4 Å². The Labute approximate surface area is 113 Å². The van der Waals surface area contributed by atoms with Crippen molar-refractivity contribution >= 4 is 29.4 Å². The minimum absolute atomic E-state index is 0.0454. The molecule has 0 aliphatic carbocycles. The Morgan fingerprint density at radius 3 is 2.72 bits per heavy atom. The van der Waals surface area contributed by atoms with Gasteiger partial charge in [-0.3, -0.25) is 4.79 Å². The molecule has 0 spiro atoms. The summed E-state index contributed by atoms with van der Waals surface area (Å²) in [6.45, 7) is 0.742. The number of nitrogens with one attached hydrogen (secondary N) is 1. The van der Waals surface area contributed by atoms with Gasteiger partial charge in [0.25, 0.3) is 0 Å². The van der Waals surface area contributed by atoms with Gasteiger partial charge >= 0.3 is 0 Å². The number of hydrogen-bond donors (Lipinski definition) is 2. The number of nitrogen functional groups attached to an aromatic ring is 1. The van der Waals surface area contributed by atoms with E-state index in [1.54, 1.807) is 12.2 Å². The Morgan fingerprint density at radius 2 is 2.06 bits per heavy atom. The van der Waals surface area contributed by atoms with Crippen molar-refractivity contribution in [3.8, 4) is 0 Å². The second-order valence-electron chi connectivity index (χ2n) is 3.99. The van der Waals surface area contributed by atoms with E-state index in [1.807, 2.05) is 36.0 Å². The maximum Gasteiger partial charge on any atom is 0.243 e. The van der Waals surface area contributed by atoms with Crippen LogP contribution in [0.15, 0.2) is 30.3 Å². The van der Waals surface area contributed by atoms with Crippen LogP contribution in [0.5, 0.6) is 0 Å². The van der Waals surface area contributed by atoms with Gasteiger partial charge < -0.3 is 11.1 Å². The number of nitrogens with two attached hydrogens (primary N) is 1. The van der Waals surface area contributed by atoms with Crippen LogP contribution in [-0.4, -0.2) is 24.5 Å². The molecule has 0 atom stereocenters. The Kier molecular flexibility index (Phi) is 7.03. The fourth-order valence-corrected chi connectivity index (χ4v) is 1.91. The number of carbonyl (C=O) groups is 1. The SMILES string of the molecule is CSCCCCNC(=O)/C=C/c1ccc(N)cc1. The standard InChI is InChI=1S/C14H20N2OS/c1-18-11-3-2-10-16-14(17)9-6-12-4-7-13(15)8-5-12/h4-9H,2-3,10-11,15H2,1H3,(H,16,17)/b9-6+. The van der Waals surface area contributed by atoms with E-state index in [9.17, 15) is 4.79 Å². The summed E-state index contributed by atoms with van der Waals surface area (Å²) in [5.74, 6) is 1.10. The lowest BCUT2D eigenvalue weighted by Gasteiger charge is -2.01. The monoisotopic (exact) mass is 264 g/mol.